The van der Waals surface area contributed by atoms with Crippen LogP contribution in [0.15, 0.2) is 30.5 Å². The second kappa shape index (κ2) is 9.31. The fourth-order valence-electron chi connectivity index (χ4n) is 5.28. The summed E-state index contributed by atoms with van der Waals surface area (Å²) in [6, 6.07) is 7.75. The fraction of sp³-hybridized carbons (Fsp3) is 0.583. The zero-order chi connectivity index (χ0) is 21.0. The number of rotatable bonds is 5. The average molecular weight is 412 g/mol. The van der Waals surface area contributed by atoms with Crippen molar-refractivity contribution in [2.75, 3.05) is 32.8 Å². The Bertz CT molecular complexity index is 795. The standard InChI is InChI=1S/C24H33N3O3/c1-19(28)27-12-9-20-7-3-4-8-21(20)22(27)17-23(29)25-18-24(10-5-2-6-11-24)26-13-15-30-16-14-26/h3-4,7-9,12,22H,2,5-6,10-11,13-18H2,1H3,(H,25,29). The molecule has 0 bridgehead atoms. The molecule has 6 heteroatoms. The highest BCUT2D eigenvalue weighted by Gasteiger charge is 2.39. The minimum Gasteiger partial charge on any atom is -0.379 e. The quantitative estimate of drug-likeness (QED) is 0.809. The van der Waals surface area contributed by atoms with E-state index < -0.39 is 0 Å². The summed E-state index contributed by atoms with van der Waals surface area (Å²) in [7, 11) is 0. The molecule has 162 valence electrons. The molecule has 1 saturated heterocycles. The van der Waals surface area contributed by atoms with Crippen LogP contribution < -0.4 is 5.32 Å². The number of amides is 2. The van der Waals surface area contributed by atoms with Gasteiger partial charge in [0, 0.05) is 38.3 Å². The van der Waals surface area contributed by atoms with Gasteiger partial charge in [-0.2, -0.15) is 0 Å². The van der Waals surface area contributed by atoms with Gasteiger partial charge in [-0.1, -0.05) is 43.5 Å². The van der Waals surface area contributed by atoms with Gasteiger partial charge in [0.2, 0.25) is 11.8 Å². The molecule has 0 spiro atoms. The molecule has 1 N–H and O–H groups in total. The van der Waals surface area contributed by atoms with E-state index in [1.165, 1.54) is 19.3 Å². The van der Waals surface area contributed by atoms with Crippen molar-refractivity contribution in [2.24, 2.45) is 0 Å². The van der Waals surface area contributed by atoms with E-state index in [-0.39, 0.29) is 29.8 Å². The Morgan fingerprint density at radius 2 is 1.87 bits per heavy atom. The highest BCUT2D eigenvalue weighted by Crippen LogP contribution is 2.35. The minimum atomic E-state index is -0.255. The molecular weight excluding hydrogens is 378 g/mol. The predicted molar refractivity (Wildman–Crippen MR) is 117 cm³/mol. The highest BCUT2D eigenvalue weighted by atomic mass is 16.5. The molecule has 2 heterocycles. The van der Waals surface area contributed by atoms with Crippen LogP contribution in [0.2, 0.25) is 0 Å². The molecule has 30 heavy (non-hydrogen) atoms. The summed E-state index contributed by atoms with van der Waals surface area (Å²) in [4.78, 5) is 29.4. The molecule has 0 radical (unpaired) electrons. The van der Waals surface area contributed by atoms with Gasteiger partial charge in [-0.15, -0.1) is 0 Å². The molecule has 1 aliphatic carbocycles. The molecular formula is C24H33N3O3. The average Bonchev–Trinajstić information content (AvgIpc) is 2.79. The smallest absolute Gasteiger partial charge is 0.223 e. The Labute approximate surface area is 179 Å². The summed E-state index contributed by atoms with van der Waals surface area (Å²) in [5.74, 6) is -0.0369. The molecule has 3 aliphatic rings. The zero-order valence-corrected chi connectivity index (χ0v) is 17.9. The van der Waals surface area contributed by atoms with Crippen molar-refractivity contribution in [3.8, 4) is 0 Å². The summed E-state index contributed by atoms with van der Waals surface area (Å²) in [5.41, 5.74) is 2.15. The molecule has 6 nitrogen and oxygen atoms in total. The van der Waals surface area contributed by atoms with Gasteiger partial charge in [0.15, 0.2) is 0 Å². The lowest BCUT2D eigenvalue weighted by Gasteiger charge is -2.48. The summed E-state index contributed by atoms with van der Waals surface area (Å²) >= 11 is 0. The van der Waals surface area contributed by atoms with Gasteiger partial charge < -0.3 is 15.0 Å². The summed E-state index contributed by atoms with van der Waals surface area (Å²) in [6.45, 7) is 5.65. The van der Waals surface area contributed by atoms with Crippen molar-refractivity contribution in [3.63, 3.8) is 0 Å². The predicted octanol–water partition coefficient (Wildman–Crippen LogP) is 3.10. The Kier molecular flexibility index (Phi) is 6.54. The lowest BCUT2D eigenvalue weighted by atomic mass is 9.79. The zero-order valence-electron chi connectivity index (χ0n) is 17.9. The molecule has 1 unspecified atom stereocenters. The third-order valence-electron chi connectivity index (χ3n) is 6.93. The molecule has 1 aromatic rings. The van der Waals surface area contributed by atoms with Crippen LogP contribution >= 0.6 is 0 Å². The first-order valence-electron chi connectivity index (χ1n) is 11.2. The number of hydrogen-bond donors (Lipinski definition) is 1. The monoisotopic (exact) mass is 411 g/mol. The topological polar surface area (TPSA) is 61.9 Å². The maximum atomic E-state index is 13.0. The van der Waals surface area contributed by atoms with E-state index in [4.69, 9.17) is 4.74 Å². The van der Waals surface area contributed by atoms with Gasteiger partial charge in [0.05, 0.1) is 25.7 Å². The largest absolute Gasteiger partial charge is 0.379 e. The number of ether oxygens (including phenoxy) is 1. The van der Waals surface area contributed by atoms with Crippen molar-refractivity contribution < 1.29 is 14.3 Å². The normalized spacial score (nSPS) is 23.6. The van der Waals surface area contributed by atoms with Gasteiger partial charge in [-0.05, 0) is 30.0 Å². The number of fused-ring (bicyclic) bond motifs is 1. The molecule has 1 aromatic carbocycles. The lowest BCUT2D eigenvalue weighted by molar-refractivity contribution is -0.130. The molecule has 1 atom stereocenters. The van der Waals surface area contributed by atoms with Crippen molar-refractivity contribution in [1.82, 2.24) is 15.1 Å². The third kappa shape index (κ3) is 4.44. The Balaban J connectivity index is 1.45. The number of nitrogens with zero attached hydrogens (tertiary/aromatic N) is 2. The SMILES string of the molecule is CC(=O)N1C=Cc2ccccc2C1CC(=O)NCC1(N2CCOCC2)CCCCC1. The Morgan fingerprint density at radius 1 is 1.13 bits per heavy atom. The summed E-state index contributed by atoms with van der Waals surface area (Å²) in [6.07, 6.45) is 9.99. The maximum absolute atomic E-state index is 13.0. The van der Waals surface area contributed by atoms with E-state index in [9.17, 15) is 9.59 Å². The van der Waals surface area contributed by atoms with Gasteiger partial charge >= 0.3 is 0 Å². The number of benzene rings is 1. The number of morpholine rings is 1. The molecule has 1 saturated carbocycles. The van der Waals surface area contributed by atoms with E-state index in [2.05, 4.69) is 10.2 Å². The van der Waals surface area contributed by atoms with Gasteiger partial charge in [-0.3, -0.25) is 14.5 Å². The van der Waals surface area contributed by atoms with Crippen molar-refractivity contribution in [2.45, 2.75) is 57.0 Å². The number of carbonyl (C=O) groups is 2. The van der Waals surface area contributed by atoms with E-state index >= 15 is 0 Å². The molecule has 2 aliphatic heterocycles. The van der Waals surface area contributed by atoms with E-state index in [1.54, 1.807) is 18.0 Å². The van der Waals surface area contributed by atoms with Gasteiger partial charge in [-0.25, -0.2) is 0 Å². The first-order valence-corrected chi connectivity index (χ1v) is 11.2. The molecule has 2 amide bonds. The van der Waals surface area contributed by atoms with Gasteiger partial charge in [0.25, 0.3) is 0 Å². The van der Waals surface area contributed by atoms with Crippen LogP contribution in [0.4, 0.5) is 0 Å². The molecule has 4 rings (SSSR count). The number of hydrogen-bond acceptors (Lipinski definition) is 4. The third-order valence-corrected chi connectivity index (χ3v) is 6.93. The Morgan fingerprint density at radius 3 is 2.60 bits per heavy atom. The van der Waals surface area contributed by atoms with Gasteiger partial charge in [0.1, 0.15) is 0 Å². The van der Waals surface area contributed by atoms with Crippen LogP contribution in [-0.2, 0) is 14.3 Å². The minimum absolute atomic E-state index is 0.00885. The van der Waals surface area contributed by atoms with Crippen LogP contribution in [0.1, 0.15) is 62.6 Å². The molecule has 0 aromatic heterocycles. The van der Waals surface area contributed by atoms with E-state index in [0.29, 0.717) is 6.54 Å². The molecule has 2 fully saturated rings. The number of nitrogens with one attached hydrogen (secondary N) is 1. The summed E-state index contributed by atoms with van der Waals surface area (Å²) in [5, 5.41) is 3.24. The first-order chi connectivity index (χ1) is 14.6. The van der Waals surface area contributed by atoms with Crippen LogP contribution in [0.3, 0.4) is 0 Å². The van der Waals surface area contributed by atoms with Crippen LogP contribution in [0.25, 0.3) is 6.08 Å². The maximum Gasteiger partial charge on any atom is 0.223 e. The Hall–Kier alpha value is -2.18. The fourth-order valence-corrected chi connectivity index (χ4v) is 5.28. The van der Waals surface area contributed by atoms with Crippen molar-refractivity contribution in [3.05, 3.63) is 41.6 Å². The second-order valence-corrected chi connectivity index (χ2v) is 8.75. The van der Waals surface area contributed by atoms with Crippen LogP contribution in [0, 0.1) is 0 Å². The van der Waals surface area contributed by atoms with E-state index in [0.717, 1.165) is 50.3 Å². The number of carbonyl (C=O) groups excluding carboxylic acids is 2. The highest BCUT2D eigenvalue weighted by molar-refractivity contribution is 5.81. The second-order valence-electron chi connectivity index (χ2n) is 8.75. The van der Waals surface area contributed by atoms with Crippen LogP contribution in [0.5, 0.6) is 0 Å². The lowest BCUT2D eigenvalue weighted by Crippen LogP contribution is -2.59. The van der Waals surface area contributed by atoms with Crippen LogP contribution in [-0.4, -0.2) is 60.0 Å². The first kappa shape index (κ1) is 21.1. The van der Waals surface area contributed by atoms with Crippen molar-refractivity contribution >= 4 is 17.9 Å². The van der Waals surface area contributed by atoms with Crippen molar-refractivity contribution in [1.29, 1.82) is 0 Å². The van der Waals surface area contributed by atoms with E-state index in [1.807, 2.05) is 30.3 Å². The summed E-state index contributed by atoms with van der Waals surface area (Å²) < 4.78 is 5.56.